The van der Waals surface area contributed by atoms with Crippen LogP contribution in [0.25, 0.3) is 17.2 Å². The lowest BCUT2D eigenvalue weighted by Gasteiger charge is -2.08. The zero-order valence-corrected chi connectivity index (χ0v) is 12.5. The Balaban J connectivity index is 1.74. The van der Waals surface area contributed by atoms with Crippen molar-refractivity contribution in [2.24, 2.45) is 0 Å². The number of para-hydroxylation sites is 2. The van der Waals surface area contributed by atoms with Gasteiger partial charge >= 0.3 is 0 Å². The molecular weight excluding hydrogens is 276 g/mol. The monoisotopic (exact) mass is 292 g/mol. The Labute approximate surface area is 128 Å². The molecule has 1 N–H and O–H groups in total. The van der Waals surface area contributed by atoms with Crippen LogP contribution in [0.3, 0.4) is 0 Å². The molecule has 0 saturated heterocycles. The summed E-state index contributed by atoms with van der Waals surface area (Å²) < 4.78 is 5.53. The number of carbonyl (C=O) groups excluding carboxylic acids is 1. The predicted octanol–water partition coefficient (Wildman–Crippen LogP) is 4.10. The summed E-state index contributed by atoms with van der Waals surface area (Å²) in [4.78, 5) is 16.3. The van der Waals surface area contributed by atoms with Gasteiger partial charge in [0.1, 0.15) is 5.52 Å². The van der Waals surface area contributed by atoms with E-state index < -0.39 is 0 Å². The van der Waals surface area contributed by atoms with Crippen molar-refractivity contribution >= 4 is 28.8 Å². The number of benzene rings is 2. The number of rotatable bonds is 3. The molecule has 4 heteroatoms. The molecule has 4 nitrogen and oxygen atoms in total. The van der Waals surface area contributed by atoms with E-state index >= 15 is 0 Å². The van der Waals surface area contributed by atoms with Crippen molar-refractivity contribution in [2.75, 3.05) is 5.32 Å². The Morgan fingerprint density at radius 3 is 2.77 bits per heavy atom. The van der Waals surface area contributed by atoms with Gasteiger partial charge in [-0.05, 0) is 43.2 Å². The number of aryl methyl sites for hydroxylation is 1. The van der Waals surface area contributed by atoms with Crippen LogP contribution in [0.2, 0.25) is 0 Å². The molecule has 1 aromatic heterocycles. The number of carbonyl (C=O) groups is 1. The predicted molar refractivity (Wildman–Crippen MR) is 87.6 cm³/mol. The normalized spacial score (nSPS) is 11.2. The Kier molecular flexibility index (Phi) is 3.74. The van der Waals surface area contributed by atoms with E-state index in [-0.39, 0.29) is 5.91 Å². The second kappa shape index (κ2) is 5.85. The summed E-state index contributed by atoms with van der Waals surface area (Å²) in [5.41, 5.74) is 4.49. The van der Waals surface area contributed by atoms with E-state index in [1.165, 1.54) is 6.08 Å². The highest BCUT2D eigenvalue weighted by Gasteiger charge is 2.05. The molecular formula is C18H16N2O2. The van der Waals surface area contributed by atoms with Gasteiger partial charge in [-0.1, -0.05) is 24.3 Å². The SMILES string of the molecule is Cc1cccc(NC(=O)/C=C/c2nc3ccccc3o2)c1C. The summed E-state index contributed by atoms with van der Waals surface area (Å²) in [5, 5.41) is 2.86. The number of nitrogens with one attached hydrogen (secondary N) is 1. The van der Waals surface area contributed by atoms with Crippen LogP contribution in [0, 0.1) is 13.8 Å². The van der Waals surface area contributed by atoms with Gasteiger partial charge in [0.25, 0.3) is 0 Å². The number of aromatic nitrogens is 1. The molecule has 0 saturated carbocycles. The highest BCUT2D eigenvalue weighted by atomic mass is 16.3. The molecule has 1 heterocycles. The van der Waals surface area contributed by atoms with Crippen LogP contribution in [0.5, 0.6) is 0 Å². The van der Waals surface area contributed by atoms with Gasteiger partial charge in [-0.2, -0.15) is 0 Å². The highest BCUT2D eigenvalue weighted by Crippen LogP contribution is 2.18. The fourth-order valence-electron chi connectivity index (χ4n) is 2.17. The highest BCUT2D eigenvalue weighted by molar-refractivity contribution is 6.02. The first kappa shape index (κ1) is 14.1. The first-order chi connectivity index (χ1) is 10.6. The number of hydrogen-bond donors (Lipinski definition) is 1. The second-order valence-corrected chi connectivity index (χ2v) is 5.09. The van der Waals surface area contributed by atoms with Crippen LogP contribution in [0.1, 0.15) is 17.0 Å². The molecule has 2 aromatic carbocycles. The molecule has 0 bridgehead atoms. The lowest BCUT2D eigenvalue weighted by Crippen LogP contribution is -2.09. The van der Waals surface area contributed by atoms with Gasteiger partial charge in [-0.15, -0.1) is 0 Å². The fraction of sp³-hybridized carbons (Fsp3) is 0.111. The van der Waals surface area contributed by atoms with Crippen LogP contribution in [0.15, 0.2) is 53.0 Å². The van der Waals surface area contributed by atoms with Gasteiger partial charge in [0.2, 0.25) is 11.8 Å². The minimum atomic E-state index is -0.212. The van der Waals surface area contributed by atoms with E-state index in [9.17, 15) is 4.79 Å². The van der Waals surface area contributed by atoms with Gasteiger partial charge in [-0.3, -0.25) is 4.79 Å². The second-order valence-electron chi connectivity index (χ2n) is 5.09. The smallest absolute Gasteiger partial charge is 0.248 e. The standard InChI is InChI=1S/C18H16N2O2/c1-12-6-5-8-14(13(12)2)19-17(21)10-11-18-20-15-7-3-4-9-16(15)22-18/h3-11H,1-2H3,(H,19,21)/b11-10+. The van der Waals surface area contributed by atoms with Crippen LogP contribution < -0.4 is 5.32 Å². The molecule has 0 radical (unpaired) electrons. The summed E-state index contributed by atoms with van der Waals surface area (Å²) in [6.07, 6.45) is 2.99. The molecule has 3 aromatic rings. The van der Waals surface area contributed by atoms with Crippen molar-refractivity contribution in [2.45, 2.75) is 13.8 Å². The minimum Gasteiger partial charge on any atom is -0.437 e. The number of fused-ring (bicyclic) bond motifs is 1. The van der Waals surface area contributed by atoms with E-state index in [1.807, 2.05) is 56.3 Å². The average molecular weight is 292 g/mol. The van der Waals surface area contributed by atoms with Crippen molar-refractivity contribution in [1.82, 2.24) is 4.98 Å². The maximum absolute atomic E-state index is 12.0. The number of oxazole rings is 1. The van der Waals surface area contributed by atoms with E-state index in [4.69, 9.17) is 4.42 Å². The summed E-state index contributed by atoms with van der Waals surface area (Å²) in [6.45, 7) is 3.99. The minimum absolute atomic E-state index is 0.212. The molecule has 0 aliphatic carbocycles. The van der Waals surface area contributed by atoms with Crippen LogP contribution in [-0.2, 0) is 4.79 Å². The number of hydrogen-bond acceptors (Lipinski definition) is 3. The van der Waals surface area contributed by atoms with Crippen LogP contribution >= 0.6 is 0 Å². The summed E-state index contributed by atoms with van der Waals surface area (Å²) >= 11 is 0. The molecule has 110 valence electrons. The Morgan fingerprint density at radius 2 is 1.95 bits per heavy atom. The molecule has 0 unspecified atom stereocenters. The Bertz CT molecular complexity index is 829. The molecule has 0 spiro atoms. The first-order valence-electron chi connectivity index (χ1n) is 7.04. The summed E-state index contributed by atoms with van der Waals surface area (Å²) in [7, 11) is 0. The van der Waals surface area contributed by atoms with Crippen molar-refractivity contribution < 1.29 is 9.21 Å². The van der Waals surface area contributed by atoms with Crippen molar-refractivity contribution in [3.63, 3.8) is 0 Å². The number of nitrogens with zero attached hydrogens (tertiary/aromatic N) is 1. The summed E-state index contributed by atoms with van der Waals surface area (Å²) in [5.74, 6) is 0.202. The topological polar surface area (TPSA) is 55.1 Å². The molecule has 0 atom stereocenters. The van der Waals surface area contributed by atoms with E-state index in [2.05, 4.69) is 10.3 Å². The molecule has 22 heavy (non-hydrogen) atoms. The Morgan fingerprint density at radius 1 is 1.14 bits per heavy atom. The molecule has 0 aliphatic rings. The van der Waals surface area contributed by atoms with Gasteiger partial charge in [0.15, 0.2) is 5.58 Å². The van der Waals surface area contributed by atoms with Gasteiger partial charge in [-0.25, -0.2) is 4.98 Å². The van der Waals surface area contributed by atoms with Crippen LogP contribution in [-0.4, -0.2) is 10.9 Å². The quantitative estimate of drug-likeness (QED) is 0.739. The van der Waals surface area contributed by atoms with Crippen molar-refractivity contribution in [3.8, 4) is 0 Å². The van der Waals surface area contributed by atoms with E-state index in [1.54, 1.807) is 6.08 Å². The lowest BCUT2D eigenvalue weighted by atomic mass is 10.1. The maximum Gasteiger partial charge on any atom is 0.248 e. The zero-order chi connectivity index (χ0) is 15.5. The molecule has 3 rings (SSSR count). The van der Waals surface area contributed by atoms with Gasteiger partial charge in [0.05, 0.1) is 0 Å². The number of amides is 1. The fourth-order valence-corrected chi connectivity index (χ4v) is 2.17. The zero-order valence-electron chi connectivity index (χ0n) is 12.5. The Hall–Kier alpha value is -2.88. The summed E-state index contributed by atoms with van der Waals surface area (Å²) in [6, 6.07) is 13.3. The largest absolute Gasteiger partial charge is 0.437 e. The third kappa shape index (κ3) is 2.91. The molecule has 0 fully saturated rings. The van der Waals surface area contributed by atoms with E-state index in [0.29, 0.717) is 11.5 Å². The average Bonchev–Trinajstić information content (AvgIpc) is 2.93. The lowest BCUT2D eigenvalue weighted by molar-refractivity contribution is -0.111. The van der Waals surface area contributed by atoms with Crippen molar-refractivity contribution in [1.29, 1.82) is 0 Å². The van der Waals surface area contributed by atoms with Gasteiger partial charge < -0.3 is 9.73 Å². The first-order valence-corrected chi connectivity index (χ1v) is 7.04. The molecule has 1 amide bonds. The third-order valence-electron chi connectivity index (χ3n) is 3.55. The van der Waals surface area contributed by atoms with E-state index in [0.717, 1.165) is 22.3 Å². The van der Waals surface area contributed by atoms with Gasteiger partial charge in [0, 0.05) is 17.8 Å². The third-order valence-corrected chi connectivity index (χ3v) is 3.55. The van der Waals surface area contributed by atoms with Crippen LogP contribution in [0.4, 0.5) is 5.69 Å². The molecule has 0 aliphatic heterocycles. The number of anilines is 1. The van der Waals surface area contributed by atoms with Crippen molar-refractivity contribution in [3.05, 3.63) is 65.6 Å². The maximum atomic E-state index is 12.0.